The van der Waals surface area contributed by atoms with Gasteiger partial charge in [0.15, 0.2) is 5.78 Å². The Morgan fingerprint density at radius 3 is 2.31 bits per heavy atom. The SMILES string of the molecule is COc1cc(O)c(C[C@H](O)C(C)(C)OC)c(O)c1C(=O)/C=C/c1ccc(O)cc1. The summed E-state index contributed by atoms with van der Waals surface area (Å²) in [6.45, 7) is 3.34. The van der Waals surface area contributed by atoms with Crippen LogP contribution < -0.4 is 4.74 Å². The van der Waals surface area contributed by atoms with Crippen molar-refractivity contribution in [1.82, 2.24) is 0 Å². The van der Waals surface area contributed by atoms with E-state index >= 15 is 0 Å². The molecule has 0 amide bonds. The van der Waals surface area contributed by atoms with Crippen LogP contribution in [0.2, 0.25) is 0 Å². The smallest absolute Gasteiger partial charge is 0.193 e. The highest BCUT2D eigenvalue weighted by atomic mass is 16.5. The van der Waals surface area contributed by atoms with Gasteiger partial charge in [0.2, 0.25) is 0 Å². The van der Waals surface area contributed by atoms with Crippen molar-refractivity contribution in [2.24, 2.45) is 0 Å². The number of carbonyl (C=O) groups is 1. The van der Waals surface area contributed by atoms with Gasteiger partial charge in [-0.2, -0.15) is 0 Å². The van der Waals surface area contributed by atoms with Gasteiger partial charge in [-0.15, -0.1) is 0 Å². The van der Waals surface area contributed by atoms with Crippen molar-refractivity contribution in [2.45, 2.75) is 32.0 Å². The minimum absolute atomic E-state index is 0.00426. The van der Waals surface area contributed by atoms with Crippen LogP contribution in [0.25, 0.3) is 6.08 Å². The molecule has 0 spiro atoms. The van der Waals surface area contributed by atoms with Gasteiger partial charge in [-0.1, -0.05) is 18.2 Å². The van der Waals surface area contributed by atoms with Crippen LogP contribution in [0.3, 0.4) is 0 Å². The summed E-state index contributed by atoms with van der Waals surface area (Å²) in [5, 5.41) is 40.7. The molecule has 2 rings (SSSR count). The lowest BCUT2D eigenvalue weighted by atomic mass is 9.92. The Morgan fingerprint density at radius 2 is 1.76 bits per heavy atom. The summed E-state index contributed by atoms with van der Waals surface area (Å²) in [4.78, 5) is 12.7. The monoisotopic (exact) mass is 402 g/mol. The Labute approximate surface area is 169 Å². The summed E-state index contributed by atoms with van der Waals surface area (Å²) >= 11 is 0. The largest absolute Gasteiger partial charge is 0.508 e. The maximum absolute atomic E-state index is 12.7. The standard InChI is InChI=1S/C22H26O7/c1-22(2,29-4)19(26)11-15-17(25)12-18(28-3)20(21(15)27)16(24)10-7-13-5-8-14(23)9-6-13/h5-10,12,19,23,25-27H,11H2,1-4H3/b10-7+/t19-/m0/s1. The van der Waals surface area contributed by atoms with Gasteiger partial charge < -0.3 is 29.9 Å². The predicted octanol–water partition coefficient (Wildman–Crippen LogP) is 3.04. The minimum Gasteiger partial charge on any atom is -0.508 e. The van der Waals surface area contributed by atoms with E-state index in [9.17, 15) is 25.2 Å². The molecule has 7 heteroatoms. The highest BCUT2D eigenvalue weighted by Crippen LogP contribution is 2.40. The second kappa shape index (κ2) is 8.98. The number of carbonyl (C=O) groups excluding carboxylic acids is 1. The molecule has 156 valence electrons. The Hall–Kier alpha value is -3.03. The van der Waals surface area contributed by atoms with E-state index in [1.54, 1.807) is 26.0 Å². The zero-order chi connectivity index (χ0) is 21.8. The van der Waals surface area contributed by atoms with Crippen molar-refractivity contribution >= 4 is 11.9 Å². The maximum atomic E-state index is 12.7. The van der Waals surface area contributed by atoms with E-state index in [1.807, 2.05) is 0 Å². The Balaban J connectivity index is 2.42. The van der Waals surface area contributed by atoms with Crippen molar-refractivity contribution in [2.75, 3.05) is 14.2 Å². The molecule has 0 saturated heterocycles. The van der Waals surface area contributed by atoms with Crippen molar-refractivity contribution in [3.63, 3.8) is 0 Å². The van der Waals surface area contributed by atoms with Crippen LogP contribution in [0.4, 0.5) is 0 Å². The quantitative estimate of drug-likeness (QED) is 0.396. The van der Waals surface area contributed by atoms with Gasteiger partial charge in [0.05, 0.1) is 18.8 Å². The number of ether oxygens (including phenoxy) is 2. The first-order valence-electron chi connectivity index (χ1n) is 8.97. The minimum atomic E-state index is -1.05. The normalized spacial score (nSPS) is 12.9. The number of phenolic OH excluding ortho intramolecular Hbond substituents is 3. The average molecular weight is 402 g/mol. The molecule has 0 aliphatic rings. The van der Waals surface area contributed by atoms with Crippen LogP contribution in [0, 0.1) is 0 Å². The van der Waals surface area contributed by atoms with Gasteiger partial charge in [-0.25, -0.2) is 0 Å². The molecule has 0 unspecified atom stereocenters. The first-order valence-corrected chi connectivity index (χ1v) is 8.97. The molecule has 0 aliphatic carbocycles. The lowest BCUT2D eigenvalue weighted by molar-refractivity contribution is -0.0767. The topological polar surface area (TPSA) is 116 Å². The molecular formula is C22H26O7. The van der Waals surface area contributed by atoms with Crippen molar-refractivity contribution in [3.05, 3.63) is 53.1 Å². The fourth-order valence-corrected chi connectivity index (χ4v) is 2.69. The zero-order valence-electron chi connectivity index (χ0n) is 16.8. The number of hydrogen-bond acceptors (Lipinski definition) is 7. The third-order valence-corrected chi connectivity index (χ3v) is 4.86. The molecule has 1 atom stereocenters. The van der Waals surface area contributed by atoms with Gasteiger partial charge in [-0.05, 0) is 37.6 Å². The number of benzene rings is 2. The van der Waals surface area contributed by atoms with Crippen LogP contribution in [0.1, 0.15) is 35.3 Å². The highest BCUT2D eigenvalue weighted by Gasteiger charge is 2.31. The summed E-state index contributed by atoms with van der Waals surface area (Å²) in [6, 6.07) is 7.45. The number of aliphatic hydroxyl groups is 1. The van der Waals surface area contributed by atoms with Gasteiger partial charge >= 0.3 is 0 Å². The molecule has 7 nitrogen and oxygen atoms in total. The van der Waals surface area contributed by atoms with Crippen LogP contribution in [0.15, 0.2) is 36.4 Å². The molecule has 0 bridgehead atoms. The highest BCUT2D eigenvalue weighted by molar-refractivity contribution is 6.11. The van der Waals surface area contributed by atoms with E-state index < -0.39 is 23.2 Å². The number of allylic oxidation sites excluding steroid dienone is 1. The number of aliphatic hydroxyl groups excluding tert-OH is 1. The number of aromatic hydroxyl groups is 3. The molecule has 0 aromatic heterocycles. The zero-order valence-corrected chi connectivity index (χ0v) is 16.8. The van der Waals surface area contributed by atoms with E-state index in [-0.39, 0.29) is 34.8 Å². The van der Waals surface area contributed by atoms with Crippen LogP contribution >= 0.6 is 0 Å². The Morgan fingerprint density at radius 1 is 1.14 bits per heavy atom. The Bertz CT molecular complexity index is 898. The predicted molar refractivity (Wildman–Crippen MR) is 109 cm³/mol. The summed E-state index contributed by atoms with van der Waals surface area (Å²) in [5.41, 5.74) is -0.365. The van der Waals surface area contributed by atoms with Crippen molar-refractivity contribution in [3.8, 4) is 23.0 Å². The number of ketones is 1. The maximum Gasteiger partial charge on any atom is 0.193 e. The van der Waals surface area contributed by atoms with E-state index in [2.05, 4.69) is 0 Å². The summed E-state index contributed by atoms with van der Waals surface area (Å²) in [7, 11) is 2.76. The van der Waals surface area contributed by atoms with Gasteiger partial charge in [0.25, 0.3) is 0 Å². The summed E-state index contributed by atoms with van der Waals surface area (Å²) in [5.74, 6) is -1.20. The molecule has 2 aromatic rings. The van der Waals surface area contributed by atoms with Crippen LogP contribution in [0.5, 0.6) is 23.0 Å². The van der Waals surface area contributed by atoms with Crippen LogP contribution in [-0.2, 0) is 11.2 Å². The molecule has 0 radical (unpaired) electrons. The summed E-state index contributed by atoms with van der Waals surface area (Å²) < 4.78 is 10.4. The molecule has 2 aromatic carbocycles. The second-order valence-corrected chi connectivity index (χ2v) is 7.12. The number of methoxy groups -OCH3 is 2. The lowest BCUT2D eigenvalue weighted by Gasteiger charge is -2.29. The molecular weight excluding hydrogens is 376 g/mol. The van der Waals surface area contributed by atoms with E-state index in [0.29, 0.717) is 5.56 Å². The van der Waals surface area contributed by atoms with E-state index in [4.69, 9.17) is 9.47 Å². The molecule has 4 N–H and O–H groups in total. The average Bonchev–Trinajstić information content (AvgIpc) is 2.69. The van der Waals surface area contributed by atoms with E-state index in [1.165, 1.54) is 44.6 Å². The third-order valence-electron chi connectivity index (χ3n) is 4.86. The van der Waals surface area contributed by atoms with Crippen molar-refractivity contribution in [1.29, 1.82) is 0 Å². The third kappa shape index (κ3) is 5.07. The van der Waals surface area contributed by atoms with Crippen LogP contribution in [-0.4, -0.2) is 52.1 Å². The van der Waals surface area contributed by atoms with E-state index in [0.717, 1.165) is 0 Å². The second-order valence-electron chi connectivity index (χ2n) is 7.12. The molecule has 0 fully saturated rings. The Kier molecular flexibility index (Phi) is 6.89. The van der Waals surface area contributed by atoms with Gasteiger partial charge in [-0.3, -0.25) is 4.79 Å². The number of hydrogen-bond donors (Lipinski definition) is 4. The molecule has 0 aliphatic heterocycles. The molecule has 29 heavy (non-hydrogen) atoms. The molecule has 0 saturated carbocycles. The fourth-order valence-electron chi connectivity index (χ4n) is 2.69. The van der Waals surface area contributed by atoms with Gasteiger partial charge in [0, 0.05) is 25.2 Å². The summed E-state index contributed by atoms with van der Waals surface area (Å²) in [6.07, 6.45) is 1.59. The lowest BCUT2D eigenvalue weighted by Crippen LogP contribution is -2.39. The number of rotatable bonds is 8. The number of phenols is 3. The van der Waals surface area contributed by atoms with Crippen molar-refractivity contribution < 1.29 is 34.7 Å². The van der Waals surface area contributed by atoms with Gasteiger partial charge in [0.1, 0.15) is 28.6 Å². The first-order chi connectivity index (χ1) is 13.6. The fraction of sp³-hybridized carbons (Fsp3) is 0.318. The first kappa shape index (κ1) is 22.3. The molecule has 0 heterocycles.